The van der Waals surface area contributed by atoms with Crippen LogP contribution in [0.15, 0.2) is 0 Å². The van der Waals surface area contributed by atoms with Gasteiger partial charge in [-0.3, -0.25) is 10.2 Å². The van der Waals surface area contributed by atoms with Crippen molar-refractivity contribution in [3.8, 4) is 6.07 Å². The third-order valence-electron chi connectivity index (χ3n) is 3.63. The standard InChI is InChI=1S/C14H25N3O/c1-2-8-18-14-4-3-7-17(11-14)10-13(9-15)16-12-5-6-12/h12-14,16H,2-8,10-11H2,1H3. The Morgan fingerprint density at radius 3 is 2.94 bits per heavy atom. The van der Waals surface area contributed by atoms with Crippen molar-refractivity contribution >= 4 is 0 Å². The average Bonchev–Trinajstić information content (AvgIpc) is 3.20. The highest BCUT2D eigenvalue weighted by Crippen LogP contribution is 2.20. The molecule has 4 heteroatoms. The predicted octanol–water partition coefficient (Wildman–Crippen LogP) is 1.52. The number of likely N-dealkylation sites (tertiary alicyclic amines) is 1. The molecule has 1 aliphatic carbocycles. The van der Waals surface area contributed by atoms with E-state index in [2.05, 4.69) is 23.2 Å². The van der Waals surface area contributed by atoms with Gasteiger partial charge >= 0.3 is 0 Å². The Labute approximate surface area is 110 Å². The normalized spacial score (nSPS) is 26.8. The summed E-state index contributed by atoms with van der Waals surface area (Å²) in [6, 6.07) is 2.98. The van der Waals surface area contributed by atoms with Gasteiger partial charge in [-0.1, -0.05) is 6.92 Å². The number of nitrogens with one attached hydrogen (secondary N) is 1. The van der Waals surface area contributed by atoms with Gasteiger partial charge in [-0.05, 0) is 38.6 Å². The highest BCUT2D eigenvalue weighted by molar-refractivity contribution is 4.98. The van der Waals surface area contributed by atoms with E-state index >= 15 is 0 Å². The van der Waals surface area contributed by atoms with Crippen LogP contribution in [0, 0.1) is 11.3 Å². The molecule has 0 amide bonds. The molecule has 0 aromatic rings. The van der Waals surface area contributed by atoms with E-state index in [4.69, 9.17) is 4.74 Å². The fourth-order valence-corrected chi connectivity index (χ4v) is 2.52. The van der Waals surface area contributed by atoms with E-state index in [1.165, 1.54) is 25.7 Å². The molecule has 18 heavy (non-hydrogen) atoms. The molecule has 0 bridgehead atoms. The third kappa shape index (κ3) is 4.56. The largest absolute Gasteiger partial charge is 0.377 e. The molecule has 4 nitrogen and oxygen atoms in total. The summed E-state index contributed by atoms with van der Waals surface area (Å²) in [5.74, 6) is 0. The maximum atomic E-state index is 9.17. The van der Waals surface area contributed by atoms with Crippen LogP contribution in [0.2, 0.25) is 0 Å². The van der Waals surface area contributed by atoms with Crippen LogP contribution in [0.25, 0.3) is 0 Å². The minimum Gasteiger partial charge on any atom is -0.377 e. The number of nitriles is 1. The van der Waals surface area contributed by atoms with Crippen molar-refractivity contribution in [3.05, 3.63) is 0 Å². The van der Waals surface area contributed by atoms with E-state index in [0.29, 0.717) is 12.1 Å². The molecule has 2 aliphatic rings. The maximum absolute atomic E-state index is 9.17. The van der Waals surface area contributed by atoms with Crippen molar-refractivity contribution in [2.24, 2.45) is 0 Å². The summed E-state index contributed by atoms with van der Waals surface area (Å²) in [5, 5.41) is 12.6. The van der Waals surface area contributed by atoms with Crippen LogP contribution in [0.5, 0.6) is 0 Å². The van der Waals surface area contributed by atoms with E-state index in [1.807, 2.05) is 0 Å². The molecular weight excluding hydrogens is 226 g/mol. The molecule has 2 fully saturated rings. The summed E-state index contributed by atoms with van der Waals surface area (Å²) in [5.41, 5.74) is 0. The zero-order valence-corrected chi connectivity index (χ0v) is 11.4. The number of ether oxygens (including phenoxy) is 1. The molecule has 0 aromatic carbocycles. The number of hydrogen-bond donors (Lipinski definition) is 1. The smallest absolute Gasteiger partial charge is 0.108 e. The third-order valence-corrected chi connectivity index (χ3v) is 3.63. The maximum Gasteiger partial charge on any atom is 0.108 e. The first-order valence-corrected chi connectivity index (χ1v) is 7.31. The molecule has 1 saturated heterocycles. The Hall–Kier alpha value is -0.630. The van der Waals surface area contributed by atoms with Crippen LogP contribution < -0.4 is 5.32 Å². The fraction of sp³-hybridized carbons (Fsp3) is 0.929. The van der Waals surface area contributed by atoms with E-state index in [-0.39, 0.29) is 6.04 Å². The highest BCUT2D eigenvalue weighted by atomic mass is 16.5. The van der Waals surface area contributed by atoms with Crippen molar-refractivity contribution in [1.29, 1.82) is 5.26 Å². The molecule has 0 aromatic heterocycles. The molecule has 0 spiro atoms. The lowest BCUT2D eigenvalue weighted by atomic mass is 10.1. The molecule has 1 aliphatic heterocycles. The molecule has 1 N–H and O–H groups in total. The van der Waals surface area contributed by atoms with Crippen LogP contribution >= 0.6 is 0 Å². The van der Waals surface area contributed by atoms with Crippen molar-refractivity contribution in [2.75, 3.05) is 26.2 Å². The first-order valence-electron chi connectivity index (χ1n) is 7.31. The summed E-state index contributed by atoms with van der Waals surface area (Å²) in [4.78, 5) is 2.38. The van der Waals surface area contributed by atoms with Crippen LogP contribution in [-0.2, 0) is 4.74 Å². The molecule has 2 atom stereocenters. The van der Waals surface area contributed by atoms with E-state index in [1.54, 1.807) is 0 Å². The van der Waals surface area contributed by atoms with Crippen molar-refractivity contribution < 1.29 is 4.74 Å². The van der Waals surface area contributed by atoms with E-state index in [9.17, 15) is 5.26 Å². The summed E-state index contributed by atoms with van der Waals surface area (Å²) in [6.45, 7) is 5.95. The monoisotopic (exact) mass is 251 g/mol. The second-order valence-electron chi connectivity index (χ2n) is 5.52. The lowest BCUT2D eigenvalue weighted by Crippen LogP contribution is -2.47. The summed E-state index contributed by atoms with van der Waals surface area (Å²) in [6.07, 6.45) is 6.29. The lowest BCUT2D eigenvalue weighted by Gasteiger charge is -2.33. The van der Waals surface area contributed by atoms with Crippen molar-refractivity contribution in [1.82, 2.24) is 10.2 Å². The van der Waals surface area contributed by atoms with Gasteiger partial charge in [0.1, 0.15) is 6.04 Å². The number of hydrogen-bond acceptors (Lipinski definition) is 4. The summed E-state index contributed by atoms with van der Waals surface area (Å²) >= 11 is 0. The van der Waals surface area contributed by atoms with Gasteiger partial charge in [0, 0.05) is 25.7 Å². The van der Waals surface area contributed by atoms with E-state index in [0.717, 1.165) is 32.7 Å². The van der Waals surface area contributed by atoms with Gasteiger partial charge < -0.3 is 4.74 Å². The molecule has 0 radical (unpaired) electrons. The van der Waals surface area contributed by atoms with Crippen LogP contribution in [-0.4, -0.2) is 49.3 Å². The summed E-state index contributed by atoms with van der Waals surface area (Å²) < 4.78 is 5.83. The Balaban J connectivity index is 1.71. The SMILES string of the molecule is CCCOC1CCCN(CC(C#N)NC2CC2)C1. The Bertz CT molecular complexity index is 285. The van der Waals surface area contributed by atoms with Gasteiger partial charge in [-0.2, -0.15) is 5.26 Å². The minimum absolute atomic E-state index is 0.0116. The van der Waals surface area contributed by atoms with Crippen molar-refractivity contribution in [2.45, 2.75) is 57.2 Å². The first-order chi connectivity index (χ1) is 8.81. The minimum atomic E-state index is -0.0116. The quantitative estimate of drug-likeness (QED) is 0.745. The second kappa shape index (κ2) is 7.08. The topological polar surface area (TPSA) is 48.3 Å². The molecular formula is C14H25N3O. The van der Waals surface area contributed by atoms with Gasteiger partial charge in [0.2, 0.25) is 0 Å². The Morgan fingerprint density at radius 2 is 2.28 bits per heavy atom. The molecule has 1 saturated carbocycles. The van der Waals surface area contributed by atoms with Gasteiger partial charge in [0.25, 0.3) is 0 Å². The summed E-state index contributed by atoms with van der Waals surface area (Å²) in [7, 11) is 0. The van der Waals surface area contributed by atoms with Crippen LogP contribution in [0.4, 0.5) is 0 Å². The van der Waals surface area contributed by atoms with Crippen LogP contribution in [0.1, 0.15) is 39.0 Å². The zero-order chi connectivity index (χ0) is 12.8. The molecule has 102 valence electrons. The molecule has 1 heterocycles. The van der Waals surface area contributed by atoms with E-state index < -0.39 is 0 Å². The number of piperidine rings is 1. The van der Waals surface area contributed by atoms with Gasteiger partial charge in [-0.25, -0.2) is 0 Å². The van der Waals surface area contributed by atoms with Gasteiger partial charge in [0.15, 0.2) is 0 Å². The Morgan fingerprint density at radius 1 is 1.44 bits per heavy atom. The average molecular weight is 251 g/mol. The van der Waals surface area contributed by atoms with Gasteiger partial charge in [0.05, 0.1) is 12.2 Å². The van der Waals surface area contributed by atoms with Gasteiger partial charge in [-0.15, -0.1) is 0 Å². The zero-order valence-electron chi connectivity index (χ0n) is 11.4. The highest BCUT2D eigenvalue weighted by Gasteiger charge is 2.27. The molecule has 2 rings (SSSR count). The molecule has 2 unspecified atom stereocenters. The predicted molar refractivity (Wildman–Crippen MR) is 71.3 cm³/mol. The van der Waals surface area contributed by atoms with Crippen molar-refractivity contribution in [3.63, 3.8) is 0 Å². The second-order valence-corrected chi connectivity index (χ2v) is 5.52. The lowest BCUT2D eigenvalue weighted by molar-refractivity contribution is -0.00102. The van der Waals surface area contributed by atoms with Crippen LogP contribution in [0.3, 0.4) is 0 Å². The number of rotatable bonds is 7. The fourth-order valence-electron chi connectivity index (χ4n) is 2.52. The Kier molecular flexibility index (Phi) is 5.43. The number of nitrogens with zero attached hydrogens (tertiary/aromatic N) is 2. The first kappa shape index (κ1) is 13.8.